The van der Waals surface area contributed by atoms with Gasteiger partial charge in [0.15, 0.2) is 11.0 Å². The summed E-state index contributed by atoms with van der Waals surface area (Å²) < 4.78 is 5.41. The van der Waals surface area contributed by atoms with Gasteiger partial charge >= 0.3 is 0 Å². The molecule has 1 aliphatic carbocycles. The molecule has 5 rings (SSSR count). The van der Waals surface area contributed by atoms with Gasteiger partial charge in [-0.15, -0.1) is 0 Å². The first kappa shape index (κ1) is 22.5. The summed E-state index contributed by atoms with van der Waals surface area (Å²) >= 11 is 1.24. The molecule has 3 aromatic heterocycles. The Balaban J connectivity index is 1.27. The van der Waals surface area contributed by atoms with Gasteiger partial charge in [-0.25, -0.2) is 15.0 Å². The Hall–Kier alpha value is -3.24. The number of thioether (sulfide) groups is 1. The van der Waals surface area contributed by atoms with E-state index < -0.39 is 0 Å². The van der Waals surface area contributed by atoms with E-state index in [4.69, 9.17) is 15.9 Å². The maximum absolute atomic E-state index is 8.27. The summed E-state index contributed by atoms with van der Waals surface area (Å²) in [6.45, 7) is 3.18. The second-order valence-electron chi connectivity index (χ2n) is 8.46. The summed E-state index contributed by atoms with van der Waals surface area (Å²) in [6.07, 6.45) is 8.11. The number of nitrogens with two attached hydrogens (primary N) is 1. The van der Waals surface area contributed by atoms with Gasteiger partial charge in [0.2, 0.25) is 0 Å². The molecule has 10 heteroatoms. The highest BCUT2D eigenvalue weighted by Crippen LogP contribution is 2.30. The van der Waals surface area contributed by atoms with Gasteiger partial charge < -0.3 is 20.7 Å². The number of aliphatic imine (C=N–C) groups is 1. The largest absolute Gasteiger partial charge is 0.378 e. The van der Waals surface area contributed by atoms with Crippen LogP contribution in [-0.2, 0) is 4.74 Å². The zero-order valence-electron chi connectivity index (χ0n) is 18.9. The molecule has 4 N–H and O–H groups in total. The second-order valence-corrected chi connectivity index (χ2v) is 9.52. The molecule has 1 aliphatic heterocycles. The zero-order valence-corrected chi connectivity index (χ0v) is 19.7. The Morgan fingerprint density at radius 2 is 1.85 bits per heavy atom. The maximum atomic E-state index is 8.27. The molecule has 0 aromatic carbocycles. The summed E-state index contributed by atoms with van der Waals surface area (Å²) in [4.78, 5) is 20.3. The molecule has 0 unspecified atom stereocenters. The lowest BCUT2D eigenvalue weighted by Crippen LogP contribution is -2.36. The first-order chi connectivity index (χ1) is 16.6. The predicted molar refractivity (Wildman–Crippen MR) is 139 cm³/mol. The molecule has 0 bridgehead atoms. The van der Waals surface area contributed by atoms with Crippen LogP contribution in [0.15, 0.2) is 47.7 Å². The van der Waals surface area contributed by atoms with Crippen LogP contribution in [0.1, 0.15) is 25.7 Å². The molecule has 3 aromatic rings. The Kier molecular flexibility index (Phi) is 6.87. The molecular weight excluding hydrogens is 448 g/mol. The van der Waals surface area contributed by atoms with Crippen LogP contribution < -0.4 is 16.0 Å². The number of fused-ring (bicyclic) bond motifs is 1. The highest BCUT2D eigenvalue weighted by atomic mass is 32.2. The summed E-state index contributed by atoms with van der Waals surface area (Å²) in [6, 6.07) is 9.62. The van der Waals surface area contributed by atoms with Crippen molar-refractivity contribution in [1.29, 1.82) is 5.41 Å². The molecule has 4 heterocycles. The Morgan fingerprint density at radius 1 is 1.06 bits per heavy atom. The molecule has 2 aliphatic rings. The quantitative estimate of drug-likeness (QED) is 0.364. The van der Waals surface area contributed by atoms with E-state index in [0.717, 1.165) is 61.9 Å². The smallest absolute Gasteiger partial charge is 0.166 e. The van der Waals surface area contributed by atoms with Crippen molar-refractivity contribution in [2.24, 2.45) is 16.6 Å². The third-order valence-corrected chi connectivity index (χ3v) is 6.91. The van der Waals surface area contributed by atoms with Crippen LogP contribution in [-0.4, -0.2) is 51.5 Å². The summed E-state index contributed by atoms with van der Waals surface area (Å²) in [7, 11) is 0. The molecule has 0 radical (unpaired) electrons. The standard InChI is InChI=1S/C24H28N8OS/c25-23(16-3-1-2-4-16)34-24(26)31-21-7-6-19-20(30-21)13-18(15-27-19)29-17-5-8-22(28-14-17)32-9-11-33-12-10-32/h5-8,13-16,25,29H,1-4,9-12H2,(H2,26,30,31). The minimum Gasteiger partial charge on any atom is -0.378 e. The van der Waals surface area contributed by atoms with Crippen molar-refractivity contribution in [3.63, 3.8) is 0 Å². The number of nitrogens with one attached hydrogen (secondary N) is 2. The summed E-state index contributed by atoms with van der Waals surface area (Å²) in [5.74, 6) is 1.77. The Bertz CT molecular complexity index is 1190. The van der Waals surface area contributed by atoms with Crippen LogP contribution in [0.25, 0.3) is 11.0 Å². The lowest BCUT2D eigenvalue weighted by atomic mass is 10.1. The molecule has 0 atom stereocenters. The molecule has 1 saturated carbocycles. The van der Waals surface area contributed by atoms with Gasteiger partial charge in [-0.1, -0.05) is 12.8 Å². The van der Waals surface area contributed by atoms with Crippen LogP contribution in [0, 0.1) is 11.3 Å². The zero-order chi connectivity index (χ0) is 23.3. The molecule has 2 fully saturated rings. The monoisotopic (exact) mass is 476 g/mol. The van der Waals surface area contributed by atoms with E-state index in [1.807, 2.05) is 30.5 Å². The fraction of sp³-hybridized carbons (Fsp3) is 0.375. The van der Waals surface area contributed by atoms with E-state index in [2.05, 4.69) is 30.2 Å². The molecule has 9 nitrogen and oxygen atoms in total. The van der Waals surface area contributed by atoms with Gasteiger partial charge in [-0.05, 0) is 54.9 Å². The average molecular weight is 477 g/mol. The van der Waals surface area contributed by atoms with Gasteiger partial charge in [0.1, 0.15) is 5.82 Å². The van der Waals surface area contributed by atoms with Crippen molar-refractivity contribution < 1.29 is 4.74 Å². The van der Waals surface area contributed by atoms with Crippen LogP contribution in [0.2, 0.25) is 0 Å². The van der Waals surface area contributed by atoms with Crippen molar-refractivity contribution in [2.45, 2.75) is 25.7 Å². The SMILES string of the molecule is N=C(SC(N)=Nc1ccc2ncc(Nc3ccc(N4CCOCC4)nc3)cc2n1)C1CCCC1. The van der Waals surface area contributed by atoms with Gasteiger partial charge in [-0.2, -0.15) is 0 Å². The topological polar surface area (TPSA) is 125 Å². The van der Waals surface area contributed by atoms with Crippen molar-refractivity contribution in [2.75, 3.05) is 36.5 Å². The summed E-state index contributed by atoms with van der Waals surface area (Å²) in [5.41, 5.74) is 9.28. The minimum absolute atomic E-state index is 0.318. The van der Waals surface area contributed by atoms with Crippen molar-refractivity contribution in [3.05, 3.63) is 42.7 Å². The van der Waals surface area contributed by atoms with Gasteiger partial charge in [0.05, 0.1) is 53.1 Å². The fourth-order valence-electron chi connectivity index (χ4n) is 4.25. The maximum Gasteiger partial charge on any atom is 0.166 e. The number of nitrogens with zero attached hydrogens (tertiary/aromatic N) is 5. The minimum atomic E-state index is 0.318. The number of morpholine rings is 1. The number of aromatic nitrogens is 3. The van der Waals surface area contributed by atoms with Gasteiger partial charge in [-0.3, -0.25) is 10.4 Å². The molecule has 34 heavy (non-hydrogen) atoms. The highest BCUT2D eigenvalue weighted by molar-refractivity contribution is 8.26. The number of hydrogen-bond donors (Lipinski definition) is 3. The number of rotatable bonds is 5. The van der Waals surface area contributed by atoms with Gasteiger partial charge in [0, 0.05) is 19.0 Å². The van der Waals surface area contributed by atoms with Crippen molar-refractivity contribution in [3.8, 4) is 0 Å². The highest BCUT2D eigenvalue weighted by Gasteiger charge is 2.21. The van der Waals surface area contributed by atoms with E-state index in [0.29, 0.717) is 27.5 Å². The lowest BCUT2D eigenvalue weighted by molar-refractivity contribution is 0.122. The molecule has 1 saturated heterocycles. The molecule has 0 spiro atoms. The fourth-order valence-corrected chi connectivity index (χ4v) is 5.02. The molecule has 176 valence electrons. The van der Waals surface area contributed by atoms with Crippen LogP contribution in [0.5, 0.6) is 0 Å². The van der Waals surface area contributed by atoms with Gasteiger partial charge in [0.25, 0.3) is 0 Å². The van der Waals surface area contributed by atoms with Crippen molar-refractivity contribution in [1.82, 2.24) is 15.0 Å². The van der Waals surface area contributed by atoms with E-state index in [9.17, 15) is 0 Å². The number of amidine groups is 1. The second kappa shape index (κ2) is 10.4. The number of pyridine rings is 3. The Labute approximate surface area is 202 Å². The third-order valence-electron chi connectivity index (χ3n) is 6.06. The van der Waals surface area contributed by atoms with E-state index in [1.54, 1.807) is 12.3 Å². The van der Waals surface area contributed by atoms with E-state index in [-0.39, 0.29) is 0 Å². The Morgan fingerprint density at radius 3 is 2.62 bits per heavy atom. The number of hydrogen-bond acceptors (Lipinski definition) is 9. The molecular formula is C24H28N8OS. The average Bonchev–Trinajstić information content (AvgIpc) is 3.40. The lowest BCUT2D eigenvalue weighted by Gasteiger charge is -2.27. The van der Waals surface area contributed by atoms with Crippen LogP contribution >= 0.6 is 11.8 Å². The molecule has 0 amide bonds. The van der Waals surface area contributed by atoms with Crippen molar-refractivity contribution >= 4 is 56.0 Å². The van der Waals surface area contributed by atoms with E-state index >= 15 is 0 Å². The van der Waals surface area contributed by atoms with E-state index in [1.165, 1.54) is 24.6 Å². The first-order valence-corrected chi connectivity index (χ1v) is 12.4. The number of ether oxygens (including phenoxy) is 1. The first-order valence-electron chi connectivity index (χ1n) is 11.6. The normalized spacial score (nSPS) is 17.3. The van der Waals surface area contributed by atoms with Crippen LogP contribution in [0.3, 0.4) is 0 Å². The number of anilines is 3. The van der Waals surface area contributed by atoms with Crippen LogP contribution in [0.4, 0.5) is 23.0 Å². The third kappa shape index (κ3) is 5.45. The summed E-state index contributed by atoms with van der Waals surface area (Å²) in [5, 5.41) is 12.6. The predicted octanol–water partition coefficient (Wildman–Crippen LogP) is 4.45.